The van der Waals surface area contributed by atoms with E-state index in [1.165, 1.54) is 57.8 Å². The van der Waals surface area contributed by atoms with Gasteiger partial charge in [-0.1, -0.05) is 51.4 Å². The van der Waals surface area contributed by atoms with Gasteiger partial charge in [0.15, 0.2) is 0 Å². The van der Waals surface area contributed by atoms with Crippen molar-refractivity contribution in [1.29, 1.82) is 0 Å². The van der Waals surface area contributed by atoms with Gasteiger partial charge in [-0.05, 0) is 32.3 Å². The van der Waals surface area contributed by atoms with Gasteiger partial charge in [0.05, 0.1) is 0 Å². The Morgan fingerprint density at radius 2 is 1.47 bits per heavy atom. The van der Waals surface area contributed by atoms with Crippen LogP contribution in [0.4, 0.5) is 0 Å². The Morgan fingerprint density at radius 3 is 2.06 bits per heavy atom. The van der Waals surface area contributed by atoms with Gasteiger partial charge in [0, 0.05) is 6.61 Å². The molecule has 1 saturated heterocycles. The van der Waals surface area contributed by atoms with Gasteiger partial charge in [0.25, 0.3) is 0 Å². The van der Waals surface area contributed by atoms with E-state index in [0.29, 0.717) is 7.05 Å². The van der Waals surface area contributed by atoms with E-state index < -0.39 is 0 Å². The zero-order valence-corrected chi connectivity index (χ0v) is 11.7. The summed E-state index contributed by atoms with van der Waals surface area (Å²) in [7, 11) is 4.72. The van der Waals surface area contributed by atoms with E-state index in [0.717, 1.165) is 18.3 Å². The maximum atomic E-state index is 5.91. The molecule has 0 radical (unpaired) electrons. The first-order valence-electron chi connectivity index (χ1n) is 7.57. The summed E-state index contributed by atoms with van der Waals surface area (Å²) < 4.78 is 5.91. The van der Waals surface area contributed by atoms with Gasteiger partial charge in [-0.15, -0.1) is 0 Å². The molecule has 0 N–H and O–H groups in total. The molecule has 1 atom stereocenters. The second kappa shape index (κ2) is 6.79. The second-order valence-corrected chi connectivity index (χ2v) is 6.14. The van der Waals surface area contributed by atoms with Crippen LogP contribution in [-0.2, 0) is 4.65 Å². The SMILES string of the molecule is CN(C)B1OCCC1C1CCCCCCCC1. The first-order chi connectivity index (χ1) is 8.29. The van der Waals surface area contributed by atoms with Gasteiger partial charge in [-0.25, -0.2) is 0 Å². The molecule has 1 aliphatic heterocycles. The van der Waals surface area contributed by atoms with E-state index in [2.05, 4.69) is 18.9 Å². The highest BCUT2D eigenvalue weighted by atomic mass is 16.4. The molecule has 0 aromatic rings. The van der Waals surface area contributed by atoms with Crippen molar-refractivity contribution in [3.05, 3.63) is 0 Å². The average molecular weight is 237 g/mol. The molecule has 17 heavy (non-hydrogen) atoms. The van der Waals surface area contributed by atoms with E-state index in [1.807, 2.05) is 0 Å². The van der Waals surface area contributed by atoms with Crippen LogP contribution >= 0.6 is 0 Å². The molecule has 1 unspecified atom stereocenters. The molecule has 2 fully saturated rings. The maximum Gasteiger partial charge on any atom is 0.385 e. The summed E-state index contributed by atoms with van der Waals surface area (Å²) in [5, 5.41) is 0. The van der Waals surface area contributed by atoms with E-state index in [9.17, 15) is 0 Å². The molecule has 1 saturated carbocycles. The van der Waals surface area contributed by atoms with Crippen LogP contribution in [0.15, 0.2) is 0 Å². The largest absolute Gasteiger partial charge is 0.421 e. The van der Waals surface area contributed by atoms with Crippen LogP contribution in [0, 0.1) is 5.92 Å². The fraction of sp³-hybridized carbons (Fsp3) is 1.00. The van der Waals surface area contributed by atoms with Crippen molar-refractivity contribution in [3.63, 3.8) is 0 Å². The lowest BCUT2D eigenvalue weighted by Gasteiger charge is -2.28. The normalized spacial score (nSPS) is 29.1. The molecule has 98 valence electrons. The summed E-state index contributed by atoms with van der Waals surface area (Å²) in [5.41, 5.74) is 0. The number of rotatable bonds is 2. The first kappa shape index (κ1) is 13.4. The van der Waals surface area contributed by atoms with Gasteiger partial charge >= 0.3 is 7.05 Å². The van der Waals surface area contributed by atoms with Crippen LogP contribution in [0.3, 0.4) is 0 Å². The molecular formula is C14H28BNO. The number of hydrogen-bond donors (Lipinski definition) is 0. The van der Waals surface area contributed by atoms with Crippen LogP contribution in [0.5, 0.6) is 0 Å². The molecule has 0 aromatic carbocycles. The lowest BCUT2D eigenvalue weighted by atomic mass is 9.59. The third-order valence-electron chi connectivity index (χ3n) is 4.62. The Labute approximate surface area is 107 Å². The first-order valence-corrected chi connectivity index (χ1v) is 7.57. The summed E-state index contributed by atoms with van der Waals surface area (Å²) in [4.78, 5) is 2.28. The molecule has 0 aromatic heterocycles. The summed E-state index contributed by atoms with van der Waals surface area (Å²) in [6.45, 7) is 0.976. The second-order valence-electron chi connectivity index (χ2n) is 6.14. The zero-order chi connectivity index (χ0) is 12.1. The van der Waals surface area contributed by atoms with E-state index in [-0.39, 0.29) is 0 Å². The third-order valence-corrected chi connectivity index (χ3v) is 4.62. The molecule has 1 heterocycles. The van der Waals surface area contributed by atoms with Crippen LogP contribution in [0.1, 0.15) is 57.8 Å². The standard InChI is InChI=1S/C14H28BNO/c1-16(2)15-14(11-12-17-15)13-9-7-5-3-4-6-8-10-13/h13-14H,3-12H2,1-2H3. The molecule has 3 heteroatoms. The van der Waals surface area contributed by atoms with Gasteiger partial charge < -0.3 is 9.47 Å². The fourth-order valence-electron chi connectivity index (χ4n) is 3.68. The van der Waals surface area contributed by atoms with Gasteiger partial charge in [0.1, 0.15) is 0 Å². The molecule has 2 nitrogen and oxygen atoms in total. The summed E-state index contributed by atoms with van der Waals surface area (Å²) >= 11 is 0. The summed E-state index contributed by atoms with van der Waals surface area (Å²) in [6.07, 6.45) is 12.9. The minimum Gasteiger partial charge on any atom is -0.421 e. The summed E-state index contributed by atoms with van der Waals surface area (Å²) in [5.74, 6) is 1.71. The quantitative estimate of drug-likeness (QED) is 0.680. The van der Waals surface area contributed by atoms with Crippen molar-refractivity contribution < 1.29 is 4.65 Å². The summed E-state index contributed by atoms with van der Waals surface area (Å²) in [6, 6.07) is 0. The van der Waals surface area contributed by atoms with Gasteiger partial charge in [-0.3, -0.25) is 0 Å². The van der Waals surface area contributed by atoms with E-state index in [4.69, 9.17) is 4.65 Å². The van der Waals surface area contributed by atoms with Crippen molar-refractivity contribution in [3.8, 4) is 0 Å². The minimum absolute atomic E-state index is 0.390. The van der Waals surface area contributed by atoms with Crippen molar-refractivity contribution >= 4 is 7.05 Å². The van der Waals surface area contributed by atoms with Crippen molar-refractivity contribution in [2.24, 2.45) is 5.92 Å². The van der Waals surface area contributed by atoms with Crippen LogP contribution in [0.25, 0.3) is 0 Å². The van der Waals surface area contributed by atoms with Gasteiger partial charge in [0.2, 0.25) is 0 Å². The highest BCUT2D eigenvalue weighted by molar-refractivity contribution is 6.51. The third kappa shape index (κ3) is 3.72. The molecule has 2 rings (SSSR count). The van der Waals surface area contributed by atoms with Crippen LogP contribution in [0.2, 0.25) is 5.82 Å². The molecule has 0 amide bonds. The monoisotopic (exact) mass is 237 g/mol. The molecule has 2 aliphatic rings. The average Bonchev–Trinajstić information content (AvgIpc) is 2.82. The molecule has 0 bridgehead atoms. The van der Waals surface area contributed by atoms with Crippen molar-refractivity contribution in [2.75, 3.05) is 20.7 Å². The number of nitrogens with zero attached hydrogens (tertiary/aromatic N) is 1. The predicted octanol–water partition coefficient (Wildman–Crippen LogP) is 3.58. The maximum absolute atomic E-state index is 5.91. The molecule has 1 aliphatic carbocycles. The highest BCUT2D eigenvalue weighted by Crippen LogP contribution is 2.39. The predicted molar refractivity (Wildman–Crippen MR) is 74.2 cm³/mol. The lowest BCUT2D eigenvalue weighted by Crippen LogP contribution is -2.38. The van der Waals surface area contributed by atoms with Crippen LogP contribution < -0.4 is 0 Å². The number of hydrogen-bond acceptors (Lipinski definition) is 2. The highest BCUT2D eigenvalue weighted by Gasteiger charge is 2.40. The topological polar surface area (TPSA) is 12.5 Å². The Bertz CT molecular complexity index is 212. The molecule has 0 spiro atoms. The smallest absolute Gasteiger partial charge is 0.385 e. The van der Waals surface area contributed by atoms with Crippen molar-refractivity contribution in [2.45, 2.75) is 63.6 Å². The van der Waals surface area contributed by atoms with E-state index >= 15 is 0 Å². The Kier molecular flexibility index (Phi) is 5.36. The van der Waals surface area contributed by atoms with E-state index in [1.54, 1.807) is 0 Å². The fourth-order valence-corrected chi connectivity index (χ4v) is 3.68. The van der Waals surface area contributed by atoms with Gasteiger partial charge in [-0.2, -0.15) is 0 Å². The van der Waals surface area contributed by atoms with Crippen molar-refractivity contribution in [1.82, 2.24) is 4.81 Å². The molecular weight excluding hydrogens is 209 g/mol. The lowest BCUT2D eigenvalue weighted by molar-refractivity contribution is 0.326. The zero-order valence-electron chi connectivity index (χ0n) is 11.7. The Morgan fingerprint density at radius 1 is 0.882 bits per heavy atom. The Hall–Kier alpha value is -0.0151. The minimum atomic E-state index is 0.390. The Balaban J connectivity index is 1.92. The van der Waals surface area contributed by atoms with Crippen LogP contribution in [-0.4, -0.2) is 32.6 Å².